The quantitative estimate of drug-likeness (QED) is 0.850. The minimum Gasteiger partial charge on any atom is -0.382 e. The van der Waals surface area contributed by atoms with Gasteiger partial charge in [-0.1, -0.05) is 13.3 Å². The molecule has 5 nitrogen and oxygen atoms in total. The highest BCUT2D eigenvalue weighted by Crippen LogP contribution is 2.21. The maximum Gasteiger partial charge on any atom is 0.151 e. The zero-order valence-electron chi connectivity index (χ0n) is 12.1. The Balaban J connectivity index is 2.00. The summed E-state index contributed by atoms with van der Waals surface area (Å²) in [4.78, 5) is 8.44. The summed E-state index contributed by atoms with van der Waals surface area (Å²) < 4.78 is 13.9. The lowest BCUT2D eigenvalue weighted by atomic mass is 10.2. The molecule has 2 aromatic rings. The van der Waals surface area contributed by atoms with Crippen LogP contribution in [0.25, 0.3) is 11.0 Å². The van der Waals surface area contributed by atoms with E-state index >= 15 is 0 Å². The number of hydrogen-bond donors (Lipinski definition) is 1. The van der Waals surface area contributed by atoms with E-state index in [-0.39, 0.29) is 0 Å². The average molecular weight is 294 g/mol. The van der Waals surface area contributed by atoms with Gasteiger partial charge in [0.2, 0.25) is 0 Å². The number of imidazole rings is 1. The summed E-state index contributed by atoms with van der Waals surface area (Å²) in [6.07, 6.45) is 6.61. The molecule has 6 heteroatoms. The number of nitrogens with zero attached hydrogens (tertiary/aromatic N) is 3. The molecule has 2 aromatic heterocycles. The predicted molar refractivity (Wildman–Crippen MR) is 84.1 cm³/mol. The van der Waals surface area contributed by atoms with E-state index < -0.39 is 10.8 Å². The molecule has 0 spiro atoms. The van der Waals surface area contributed by atoms with Crippen molar-refractivity contribution in [2.45, 2.75) is 39.7 Å². The summed E-state index contributed by atoms with van der Waals surface area (Å²) in [6.45, 7) is 4.95. The van der Waals surface area contributed by atoms with Gasteiger partial charge in [-0.15, -0.1) is 0 Å². The molecule has 0 bridgehead atoms. The van der Waals surface area contributed by atoms with Gasteiger partial charge in [0.25, 0.3) is 0 Å². The Kier molecular flexibility index (Phi) is 5.11. The van der Waals surface area contributed by atoms with Gasteiger partial charge in [0, 0.05) is 35.0 Å². The van der Waals surface area contributed by atoms with E-state index in [4.69, 9.17) is 5.73 Å². The van der Waals surface area contributed by atoms with Crippen LogP contribution in [0.4, 0.5) is 5.82 Å². The summed E-state index contributed by atoms with van der Waals surface area (Å²) >= 11 is 0. The first-order valence-corrected chi connectivity index (χ1v) is 8.53. The number of hydrogen-bond acceptors (Lipinski definition) is 4. The van der Waals surface area contributed by atoms with Gasteiger partial charge in [-0.3, -0.25) is 4.21 Å². The fourth-order valence-electron chi connectivity index (χ4n) is 2.24. The monoisotopic (exact) mass is 294 g/mol. The number of anilines is 1. The van der Waals surface area contributed by atoms with Gasteiger partial charge in [0.05, 0.1) is 11.8 Å². The van der Waals surface area contributed by atoms with Gasteiger partial charge in [-0.25, -0.2) is 9.97 Å². The molecule has 0 fully saturated rings. The molecule has 2 N–H and O–H groups in total. The second kappa shape index (κ2) is 6.83. The van der Waals surface area contributed by atoms with Crippen LogP contribution in [-0.4, -0.2) is 30.2 Å². The molecule has 0 aromatic carbocycles. The zero-order valence-corrected chi connectivity index (χ0v) is 12.9. The second-order valence-corrected chi connectivity index (χ2v) is 6.71. The molecule has 2 rings (SSSR count). The first-order chi connectivity index (χ1) is 9.63. The Morgan fingerprint density at radius 1 is 1.30 bits per heavy atom. The van der Waals surface area contributed by atoms with Crippen LogP contribution >= 0.6 is 0 Å². The number of aryl methyl sites for hydroxylation is 2. The van der Waals surface area contributed by atoms with Gasteiger partial charge < -0.3 is 10.3 Å². The molecule has 20 heavy (non-hydrogen) atoms. The average Bonchev–Trinajstić information content (AvgIpc) is 2.86. The van der Waals surface area contributed by atoms with Crippen LogP contribution in [0.15, 0.2) is 12.5 Å². The minimum atomic E-state index is -0.696. The summed E-state index contributed by atoms with van der Waals surface area (Å²) in [5.41, 5.74) is 8.70. The van der Waals surface area contributed by atoms with Gasteiger partial charge >= 0.3 is 0 Å². The number of unbranched alkanes of at least 4 members (excludes halogenated alkanes) is 1. The fourth-order valence-corrected chi connectivity index (χ4v) is 3.51. The van der Waals surface area contributed by atoms with Crippen molar-refractivity contribution in [2.24, 2.45) is 0 Å². The van der Waals surface area contributed by atoms with E-state index in [0.29, 0.717) is 5.82 Å². The number of fused-ring (bicyclic) bond motifs is 1. The van der Waals surface area contributed by atoms with Crippen LogP contribution < -0.4 is 5.73 Å². The number of nitrogen functional groups attached to an aromatic ring is 1. The second-order valence-electron chi connectivity index (χ2n) is 5.02. The highest BCUT2D eigenvalue weighted by atomic mass is 32.2. The maximum absolute atomic E-state index is 11.8. The molecule has 0 radical (unpaired) electrons. The number of aromatic nitrogens is 3. The molecule has 2 heterocycles. The van der Waals surface area contributed by atoms with Gasteiger partial charge in [0.1, 0.15) is 5.52 Å². The molecule has 110 valence electrons. The molecule has 0 aliphatic carbocycles. The van der Waals surface area contributed by atoms with Crippen molar-refractivity contribution in [1.82, 2.24) is 14.5 Å². The smallest absolute Gasteiger partial charge is 0.151 e. The molecular formula is C14H22N4OS. The lowest BCUT2D eigenvalue weighted by Crippen LogP contribution is -2.07. The first-order valence-electron chi connectivity index (χ1n) is 7.04. The minimum absolute atomic E-state index is 0.468. The van der Waals surface area contributed by atoms with Crippen LogP contribution in [0.1, 0.15) is 31.7 Å². The lowest BCUT2D eigenvalue weighted by molar-refractivity contribution is 0.662. The molecule has 0 saturated carbocycles. The lowest BCUT2D eigenvalue weighted by Gasteiger charge is -2.07. The Labute approximate surface area is 122 Å². The SMILES string of the molecule is CCCCS(=O)CCCn1cnc2c(N)ncc(C)c21. The van der Waals surface area contributed by atoms with Crippen molar-refractivity contribution in [3.63, 3.8) is 0 Å². The van der Waals surface area contributed by atoms with E-state index in [1.54, 1.807) is 12.5 Å². The first kappa shape index (κ1) is 15.0. The predicted octanol–water partition coefficient (Wildman–Crippen LogP) is 2.26. The van der Waals surface area contributed by atoms with Gasteiger partial charge in [-0.2, -0.15) is 0 Å². The van der Waals surface area contributed by atoms with E-state index in [0.717, 1.165) is 53.9 Å². The summed E-state index contributed by atoms with van der Waals surface area (Å²) in [5.74, 6) is 2.03. The van der Waals surface area contributed by atoms with Crippen LogP contribution in [0, 0.1) is 6.92 Å². The van der Waals surface area contributed by atoms with Crippen molar-refractivity contribution in [2.75, 3.05) is 17.2 Å². The summed E-state index contributed by atoms with van der Waals surface area (Å²) in [6, 6.07) is 0. The maximum atomic E-state index is 11.8. The van der Waals surface area contributed by atoms with Crippen LogP contribution in [-0.2, 0) is 17.3 Å². The van der Waals surface area contributed by atoms with E-state index in [1.807, 2.05) is 6.92 Å². The van der Waals surface area contributed by atoms with Crippen molar-refractivity contribution in [3.05, 3.63) is 18.1 Å². The standard InChI is InChI=1S/C14H22N4OS/c1-3-4-7-20(19)8-5-6-18-10-17-12-13(18)11(2)9-16-14(12)15/h9-10H,3-8H2,1-2H3,(H2,15,16). The molecule has 0 saturated heterocycles. The van der Waals surface area contributed by atoms with Crippen LogP contribution in [0.2, 0.25) is 0 Å². The molecule has 0 aliphatic heterocycles. The Morgan fingerprint density at radius 3 is 2.80 bits per heavy atom. The van der Waals surface area contributed by atoms with Crippen molar-refractivity contribution >= 4 is 27.7 Å². The Morgan fingerprint density at radius 2 is 2.05 bits per heavy atom. The third kappa shape index (κ3) is 3.36. The highest BCUT2D eigenvalue weighted by Gasteiger charge is 2.09. The van der Waals surface area contributed by atoms with E-state index in [1.165, 1.54) is 0 Å². The van der Waals surface area contributed by atoms with Crippen LogP contribution in [0.5, 0.6) is 0 Å². The summed E-state index contributed by atoms with van der Waals surface area (Å²) in [5, 5.41) is 0. The van der Waals surface area contributed by atoms with Crippen molar-refractivity contribution in [3.8, 4) is 0 Å². The molecule has 0 aliphatic rings. The molecule has 1 unspecified atom stereocenters. The number of rotatable bonds is 7. The largest absolute Gasteiger partial charge is 0.382 e. The van der Waals surface area contributed by atoms with E-state index in [2.05, 4.69) is 21.5 Å². The zero-order chi connectivity index (χ0) is 14.5. The van der Waals surface area contributed by atoms with E-state index in [9.17, 15) is 4.21 Å². The Hall–Kier alpha value is -1.43. The molecular weight excluding hydrogens is 272 g/mol. The van der Waals surface area contributed by atoms with Gasteiger partial charge in [0.15, 0.2) is 5.82 Å². The highest BCUT2D eigenvalue weighted by molar-refractivity contribution is 7.84. The fraction of sp³-hybridized carbons (Fsp3) is 0.571. The molecule has 1 atom stereocenters. The van der Waals surface area contributed by atoms with Crippen molar-refractivity contribution in [1.29, 1.82) is 0 Å². The topological polar surface area (TPSA) is 73.8 Å². The third-order valence-electron chi connectivity index (χ3n) is 3.35. The van der Waals surface area contributed by atoms with Crippen LogP contribution in [0.3, 0.4) is 0 Å². The summed E-state index contributed by atoms with van der Waals surface area (Å²) in [7, 11) is -0.696. The van der Waals surface area contributed by atoms with Crippen molar-refractivity contribution < 1.29 is 4.21 Å². The molecule has 0 amide bonds. The number of nitrogens with two attached hydrogens (primary N) is 1. The normalized spacial score (nSPS) is 12.9. The van der Waals surface area contributed by atoms with Gasteiger partial charge in [-0.05, 0) is 25.3 Å². The number of pyridine rings is 1. The Bertz CT molecular complexity index is 608. The third-order valence-corrected chi connectivity index (χ3v) is 4.84.